The molecule has 2 aliphatic rings. The standard InChI is InChI=1S/C42H57N5O7/c1-9-16-33(48)41(5,6)35(22-14-20-28-27(4)44-28)53-39(50)31-25-43-37(46-31)24-13-12-19-29-30(45-29)21-15-23-36(42(7,8)34(49)17-10-2)54-40(51)32-26-52-38(47-32)18-11-3/h9-21,24-30,33-36,44-45,48-49H,22-23H2,1-8H3,(H,43,46)/b16-9+,17-10+,18-11-,19-12+,20-14-,21-15-,24-13-/t27-,28+,29-,30+,33-,34-,35-,36-/m0/s1. The van der Waals surface area contributed by atoms with Crippen LogP contribution in [0.1, 0.15) is 101 Å². The number of aliphatic hydroxyl groups is 2. The van der Waals surface area contributed by atoms with E-state index in [2.05, 4.69) is 38.6 Å². The number of nitrogens with zero attached hydrogens (tertiary/aromatic N) is 2. The quantitative estimate of drug-likeness (QED) is 0.0445. The summed E-state index contributed by atoms with van der Waals surface area (Å²) in [7, 11) is 0. The molecule has 0 bridgehead atoms. The second-order valence-electron chi connectivity index (χ2n) is 14.9. The summed E-state index contributed by atoms with van der Waals surface area (Å²) >= 11 is 0. The van der Waals surface area contributed by atoms with Crippen molar-refractivity contribution in [3.05, 3.63) is 108 Å². The van der Waals surface area contributed by atoms with E-state index in [0.717, 1.165) is 0 Å². The lowest BCUT2D eigenvalue weighted by Crippen LogP contribution is -2.42. The molecule has 8 atom stereocenters. The summed E-state index contributed by atoms with van der Waals surface area (Å²) in [5.74, 6) is -0.357. The number of rotatable bonds is 20. The van der Waals surface area contributed by atoms with Crippen LogP contribution in [0.2, 0.25) is 0 Å². The molecule has 0 aliphatic carbocycles. The van der Waals surface area contributed by atoms with Crippen molar-refractivity contribution in [2.45, 2.75) is 117 Å². The first kappa shape index (κ1) is 42.1. The lowest BCUT2D eigenvalue weighted by molar-refractivity contribution is -0.0461. The lowest BCUT2D eigenvalue weighted by Gasteiger charge is -2.36. The van der Waals surface area contributed by atoms with Crippen molar-refractivity contribution >= 4 is 24.1 Å². The van der Waals surface area contributed by atoms with Crippen LogP contribution in [-0.2, 0) is 9.47 Å². The third-order valence-electron chi connectivity index (χ3n) is 9.91. The van der Waals surface area contributed by atoms with Gasteiger partial charge in [0.1, 0.15) is 30.0 Å². The molecule has 0 saturated carbocycles. The van der Waals surface area contributed by atoms with E-state index in [4.69, 9.17) is 13.9 Å². The molecule has 0 unspecified atom stereocenters. The summed E-state index contributed by atoms with van der Waals surface area (Å²) in [6.07, 6.45) is 26.6. The van der Waals surface area contributed by atoms with Gasteiger partial charge < -0.3 is 39.7 Å². The zero-order chi connectivity index (χ0) is 39.5. The lowest BCUT2D eigenvalue weighted by atomic mass is 9.79. The summed E-state index contributed by atoms with van der Waals surface area (Å²) in [6, 6.07) is 0.966. The fourth-order valence-corrected chi connectivity index (χ4v) is 5.77. The highest BCUT2D eigenvalue weighted by molar-refractivity contribution is 5.88. The zero-order valence-corrected chi connectivity index (χ0v) is 32.6. The highest BCUT2D eigenvalue weighted by Gasteiger charge is 2.40. The summed E-state index contributed by atoms with van der Waals surface area (Å²) in [5.41, 5.74) is -1.24. The van der Waals surface area contributed by atoms with Gasteiger partial charge in [0.25, 0.3) is 0 Å². The van der Waals surface area contributed by atoms with Gasteiger partial charge in [-0.1, -0.05) is 101 Å². The SMILES string of the molecule is C/C=C\c1nc(C(=O)O[C@@H](C/C=C\[C@H]2N[C@H]2/C=C/C=C\c2ncc(C(=O)O[C@@H](C/C=C\[C@H]3N[C@H]3C)C(C)(C)[C@@H](O)/C=C/C)[nH]2)C(C)(C)[C@@H](O)/C=C/C)co1. The van der Waals surface area contributed by atoms with E-state index in [1.807, 2.05) is 84.9 Å². The number of H-pyrrole nitrogens is 1. The molecule has 5 N–H and O–H groups in total. The molecule has 2 aromatic heterocycles. The van der Waals surface area contributed by atoms with Crippen LogP contribution < -0.4 is 10.6 Å². The Bertz CT molecular complexity index is 1760. The van der Waals surface area contributed by atoms with Gasteiger partial charge in [0.2, 0.25) is 5.89 Å². The number of nitrogens with one attached hydrogen (secondary N) is 3. The van der Waals surface area contributed by atoms with E-state index in [1.165, 1.54) is 12.5 Å². The third-order valence-corrected chi connectivity index (χ3v) is 9.91. The maximum atomic E-state index is 13.2. The molecule has 4 rings (SSSR count). The van der Waals surface area contributed by atoms with Gasteiger partial charge in [0.05, 0.1) is 18.4 Å². The second-order valence-corrected chi connectivity index (χ2v) is 14.9. The zero-order valence-electron chi connectivity index (χ0n) is 32.6. The Balaban J connectivity index is 1.31. The van der Waals surface area contributed by atoms with Crippen molar-refractivity contribution in [2.75, 3.05) is 0 Å². The van der Waals surface area contributed by atoms with Crippen LogP contribution in [0.3, 0.4) is 0 Å². The first-order chi connectivity index (χ1) is 25.7. The Kier molecular flexibility index (Phi) is 14.9. The molecule has 2 aromatic rings. The molecule has 12 nitrogen and oxygen atoms in total. The minimum Gasteiger partial charge on any atom is -0.457 e. The number of aliphatic hydroxyl groups excluding tert-OH is 2. The number of allylic oxidation sites excluding steroid dienone is 5. The molecule has 12 heteroatoms. The van der Waals surface area contributed by atoms with Crippen LogP contribution in [-0.4, -0.2) is 85.7 Å². The summed E-state index contributed by atoms with van der Waals surface area (Å²) in [4.78, 5) is 37.6. The van der Waals surface area contributed by atoms with Crippen LogP contribution in [0, 0.1) is 10.8 Å². The van der Waals surface area contributed by atoms with Crippen LogP contribution in [0.5, 0.6) is 0 Å². The molecular formula is C42H57N5O7. The van der Waals surface area contributed by atoms with Crippen molar-refractivity contribution in [1.29, 1.82) is 0 Å². The van der Waals surface area contributed by atoms with E-state index in [-0.39, 0.29) is 23.5 Å². The van der Waals surface area contributed by atoms with Gasteiger partial charge in [-0.2, -0.15) is 0 Å². The molecule has 2 saturated heterocycles. The summed E-state index contributed by atoms with van der Waals surface area (Å²) in [5, 5.41) is 28.3. The number of carbonyl (C=O) groups is 2. The minimum atomic E-state index is -0.839. The van der Waals surface area contributed by atoms with Gasteiger partial charge in [-0.25, -0.2) is 19.6 Å². The van der Waals surface area contributed by atoms with Gasteiger partial charge >= 0.3 is 11.9 Å². The normalized spacial score (nSPS) is 23.1. The van der Waals surface area contributed by atoms with Crippen molar-refractivity contribution in [1.82, 2.24) is 25.6 Å². The number of imidazole rings is 1. The van der Waals surface area contributed by atoms with E-state index in [9.17, 15) is 19.8 Å². The fourth-order valence-electron chi connectivity index (χ4n) is 5.77. The molecule has 2 aliphatic heterocycles. The largest absolute Gasteiger partial charge is 0.457 e. The summed E-state index contributed by atoms with van der Waals surface area (Å²) in [6.45, 7) is 15.1. The van der Waals surface area contributed by atoms with Gasteiger partial charge in [-0.05, 0) is 39.8 Å². The Morgan fingerprint density at radius 2 is 1.41 bits per heavy atom. The highest BCUT2D eigenvalue weighted by atomic mass is 16.6. The Labute approximate surface area is 318 Å². The molecule has 4 heterocycles. The van der Waals surface area contributed by atoms with Crippen LogP contribution in [0.15, 0.2) is 89.8 Å². The first-order valence-electron chi connectivity index (χ1n) is 18.6. The van der Waals surface area contributed by atoms with Gasteiger partial charge in [0, 0.05) is 47.8 Å². The molecule has 0 spiro atoms. The van der Waals surface area contributed by atoms with E-state index >= 15 is 0 Å². The monoisotopic (exact) mass is 743 g/mol. The number of esters is 2. The molecule has 0 aromatic carbocycles. The number of aromatic amines is 1. The smallest absolute Gasteiger partial charge is 0.360 e. The van der Waals surface area contributed by atoms with Crippen molar-refractivity contribution in [2.24, 2.45) is 10.8 Å². The third kappa shape index (κ3) is 11.7. The molecule has 292 valence electrons. The van der Waals surface area contributed by atoms with Crippen molar-refractivity contribution in [3.63, 3.8) is 0 Å². The Morgan fingerprint density at radius 1 is 0.833 bits per heavy atom. The van der Waals surface area contributed by atoms with Gasteiger partial charge in [-0.15, -0.1) is 0 Å². The van der Waals surface area contributed by atoms with E-state index < -0.39 is 47.2 Å². The molecule has 2 fully saturated rings. The van der Waals surface area contributed by atoms with Gasteiger partial charge in [0.15, 0.2) is 5.69 Å². The van der Waals surface area contributed by atoms with E-state index in [1.54, 1.807) is 42.5 Å². The first-order valence-corrected chi connectivity index (χ1v) is 18.6. The van der Waals surface area contributed by atoms with Crippen LogP contribution in [0.25, 0.3) is 12.2 Å². The fraction of sp³-hybridized carbons (Fsp3) is 0.476. The number of hydrogen-bond acceptors (Lipinski definition) is 11. The predicted molar refractivity (Wildman–Crippen MR) is 210 cm³/mol. The minimum absolute atomic E-state index is 0.0650. The molecule has 54 heavy (non-hydrogen) atoms. The molecule has 0 radical (unpaired) electrons. The van der Waals surface area contributed by atoms with Crippen LogP contribution in [0.4, 0.5) is 0 Å². The highest BCUT2D eigenvalue weighted by Crippen LogP contribution is 2.33. The maximum Gasteiger partial charge on any atom is 0.360 e. The maximum absolute atomic E-state index is 13.2. The average molecular weight is 744 g/mol. The number of oxazole rings is 1. The van der Waals surface area contributed by atoms with E-state index in [0.29, 0.717) is 36.6 Å². The number of ether oxygens (including phenoxy) is 2. The number of aromatic nitrogens is 3. The Hall–Kier alpha value is -4.62. The predicted octanol–water partition coefficient (Wildman–Crippen LogP) is 6.27. The van der Waals surface area contributed by atoms with Gasteiger partial charge in [-0.3, -0.25) is 0 Å². The topological polar surface area (TPSA) is 192 Å². The Morgan fingerprint density at radius 3 is 1.98 bits per heavy atom. The van der Waals surface area contributed by atoms with Crippen molar-refractivity contribution in [3.8, 4) is 0 Å². The average Bonchev–Trinajstić information content (AvgIpc) is 3.88. The summed E-state index contributed by atoms with van der Waals surface area (Å²) < 4.78 is 17.1. The van der Waals surface area contributed by atoms with Crippen molar-refractivity contribution < 1.29 is 33.7 Å². The molecular weight excluding hydrogens is 686 g/mol. The number of carbonyl (C=O) groups excluding carboxylic acids is 2. The second kappa shape index (κ2) is 19.1. The molecule has 0 amide bonds. The van der Waals surface area contributed by atoms with Crippen LogP contribution >= 0.6 is 0 Å². The number of hydrogen-bond donors (Lipinski definition) is 5.